The molecule has 0 aliphatic heterocycles. The lowest BCUT2D eigenvalue weighted by molar-refractivity contribution is -0.143. The molecule has 156 valence electrons. The fraction of sp³-hybridized carbons (Fsp3) is 0.421. The zero-order valence-electron chi connectivity index (χ0n) is 16.3. The number of aromatic nitrogens is 1. The topological polar surface area (TPSA) is 138 Å². The number of hydrogen-bond donors (Lipinski definition) is 3. The molecule has 0 unspecified atom stereocenters. The summed E-state index contributed by atoms with van der Waals surface area (Å²) in [6.07, 6.45) is 6.22. The Hall–Kier alpha value is -3.45. The number of ether oxygens (including phenoxy) is 1. The maximum Gasteiger partial charge on any atom is 0.325 e. The second-order valence-electron chi connectivity index (χ2n) is 5.79. The molecule has 1 aromatic rings. The zero-order chi connectivity index (χ0) is 21.8. The van der Waals surface area contributed by atoms with E-state index in [0.717, 1.165) is 0 Å². The standard InChI is InChI=1S/C19H24N4O6/c1-4-13-7-8-14(11-20-13)23(28)17(25)10-9-15(22-16(24)5-2)19(27)21-12-18(26)29-6-3/h1,7-8,11,15,28H,5-6,9-10,12H2,2-3H3,(H,21,27)(H,22,24)/t15-/m0/s1. The molecular weight excluding hydrogens is 380 g/mol. The Labute approximate surface area is 168 Å². The van der Waals surface area contributed by atoms with Crippen LogP contribution in [0, 0.1) is 12.3 Å². The number of esters is 1. The van der Waals surface area contributed by atoms with Gasteiger partial charge in [0, 0.05) is 12.8 Å². The van der Waals surface area contributed by atoms with Crippen LogP contribution in [-0.4, -0.2) is 53.1 Å². The number of pyridine rings is 1. The Bertz CT molecular complexity index is 772. The van der Waals surface area contributed by atoms with Gasteiger partial charge in [-0.1, -0.05) is 12.8 Å². The van der Waals surface area contributed by atoms with E-state index < -0.39 is 29.7 Å². The number of rotatable bonds is 10. The molecule has 0 spiro atoms. The van der Waals surface area contributed by atoms with Crippen LogP contribution in [0.2, 0.25) is 0 Å². The van der Waals surface area contributed by atoms with Crippen molar-refractivity contribution >= 4 is 29.4 Å². The molecule has 0 bridgehead atoms. The summed E-state index contributed by atoms with van der Waals surface area (Å²) in [5, 5.41) is 15.2. The van der Waals surface area contributed by atoms with E-state index >= 15 is 0 Å². The van der Waals surface area contributed by atoms with E-state index in [1.54, 1.807) is 13.8 Å². The lowest BCUT2D eigenvalue weighted by Crippen LogP contribution is -2.48. The van der Waals surface area contributed by atoms with Gasteiger partial charge in [-0.05, 0) is 25.5 Å². The van der Waals surface area contributed by atoms with Gasteiger partial charge in [-0.2, -0.15) is 5.06 Å². The van der Waals surface area contributed by atoms with E-state index in [2.05, 4.69) is 21.5 Å². The van der Waals surface area contributed by atoms with Crippen molar-refractivity contribution in [1.29, 1.82) is 0 Å². The van der Waals surface area contributed by atoms with Crippen molar-refractivity contribution in [2.75, 3.05) is 18.2 Å². The van der Waals surface area contributed by atoms with Crippen LogP contribution in [0.25, 0.3) is 0 Å². The van der Waals surface area contributed by atoms with E-state index in [1.165, 1.54) is 18.3 Å². The molecule has 3 N–H and O–H groups in total. The lowest BCUT2D eigenvalue weighted by atomic mass is 10.1. The van der Waals surface area contributed by atoms with Crippen molar-refractivity contribution in [1.82, 2.24) is 15.6 Å². The van der Waals surface area contributed by atoms with Gasteiger partial charge in [0.05, 0.1) is 18.5 Å². The van der Waals surface area contributed by atoms with Gasteiger partial charge < -0.3 is 15.4 Å². The molecule has 10 nitrogen and oxygen atoms in total. The molecule has 1 heterocycles. The Morgan fingerprint density at radius 3 is 2.59 bits per heavy atom. The summed E-state index contributed by atoms with van der Waals surface area (Å²) in [4.78, 5) is 51.4. The third kappa shape index (κ3) is 7.98. The van der Waals surface area contributed by atoms with Gasteiger partial charge >= 0.3 is 5.97 Å². The quantitative estimate of drug-likeness (QED) is 0.218. The van der Waals surface area contributed by atoms with Crippen molar-refractivity contribution in [3.63, 3.8) is 0 Å². The highest BCUT2D eigenvalue weighted by Gasteiger charge is 2.23. The summed E-state index contributed by atoms with van der Waals surface area (Å²) in [6.45, 7) is 3.05. The average molecular weight is 404 g/mol. The van der Waals surface area contributed by atoms with Crippen LogP contribution in [0.4, 0.5) is 5.69 Å². The molecule has 1 aromatic heterocycles. The summed E-state index contributed by atoms with van der Waals surface area (Å²) in [6, 6.07) is 1.82. The maximum atomic E-state index is 12.3. The molecule has 0 aromatic carbocycles. The molecule has 0 radical (unpaired) electrons. The van der Waals surface area contributed by atoms with Crippen molar-refractivity contribution < 1.29 is 29.1 Å². The minimum atomic E-state index is -1.06. The predicted octanol–water partition coefficient (Wildman–Crippen LogP) is 0.139. The number of nitrogens with one attached hydrogen (secondary N) is 2. The van der Waals surface area contributed by atoms with Gasteiger partial charge in [0.15, 0.2) is 0 Å². The third-order valence-electron chi connectivity index (χ3n) is 3.71. The van der Waals surface area contributed by atoms with Crippen molar-refractivity contribution in [2.24, 2.45) is 0 Å². The number of nitrogens with zero attached hydrogens (tertiary/aromatic N) is 2. The van der Waals surface area contributed by atoms with Gasteiger partial charge in [-0.25, -0.2) is 4.98 Å². The highest BCUT2D eigenvalue weighted by atomic mass is 16.5. The Kier molecular flexibility index (Phi) is 9.84. The van der Waals surface area contributed by atoms with E-state index in [9.17, 15) is 24.4 Å². The van der Waals surface area contributed by atoms with E-state index in [1.807, 2.05) is 0 Å². The number of carbonyl (C=O) groups excluding carboxylic acids is 4. The number of carbonyl (C=O) groups is 4. The van der Waals surface area contributed by atoms with E-state index in [0.29, 0.717) is 10.8 Å². The second kappa shape index (κ2) is 12.1. The molecule has 0 saturated heterocycles. The number of hydroxylamine groups is 1. The van der Waals surface area contributed by atoms with Crippen LogP contribution in [0.5, 0.6) is 0 Å². The zero-order valence-corrected chi connectivity index (χ0v) is 16.3. The number of terminal acetylenes is 1. The third-order valence-corrected chi connectivity index (χ3v) is 3.71. The normalized spacial score (nSPS) is 11.0. The summed E-state index contributed by atoms with van der Waals surface area (Å²) in [5.41, 5.74) is 0.449. The molecule has 0 saturated carbocycles. The van der Waals surface area contributed by atoms with Gasteiger partial charge in [-0.15, -0.1) is 6.42 Å². The number of anilines is 1. The van der Waals surface area contributed by atoms with E-state index in [4.69, 9.17) is 11.2 Å². The van der Waals surface area contributed by atoms with Crippen LogP contribution in [0.1, 0.15) is 38.8 Å². The Balaban J connectivity index is 2.70. The largest absolute Gasteiger partial charge is 0.465 e. The first-order valence-electron chi connectivity index (χ1n) is 8.99. The summed E-state index contributed by atoms with van der Waals surface area (Å²) in [5.74, 6) is -0.0652. The first-order valence-corrected chi connectivity index (χ1v) is 8.99. The molecule has 10 heteroatoms. The van der Waals surface area contributed by atoms with Crippen LogP contribution in [-0.2, 0) is 23.9 Å². The van der Waals surface area contributed by atoms with Crippen LogP contribution in [0.15, 0.2) is 18.3 Å². The fourth-order valence-corrected chi connectivity index (χ4v) is 2.17. The van der Waals surface area contributed by atoms with Crippen LogP contribution in [0.3, 0.4) is 0 Å². The average Bonchev–Trinajstić information content (AvgIpc) is 2.74. The number of hydrogen-bond acceptors (Lipinski definition) is 7. The Morgan fingerprint density at radius 1 is 1.31 bits per heavy atom. The summed E-state index contributed by atoms with van der Waals surface area (Å²) >= 11 is 0. The van der Waals surface area contributed by atoms with Gasteiger partial charge in [0.25, 0.3) is 5.91 Å². The SMILES string of the molecule is C#Cc1ccc(N(O)C(=O)CC[C@H](NC(=O)CC)C(=O)NCC(=O)OCC)cn1. The van der Waals surface area contributed by atoms with E-state index in [-0.39, 0.29) is 38.1 Å². The number of amides is 3. The van der Waals surface area contributed by atoms with Crippen LogP contribution < -0.4 is 15.7 Å². The van der Waals surface area contributed by atoms with Gasteiger partial charge in [0.2, 0.25) is 11.8 Å². The maximum absolute atomic E-state index is 12.3. The van der Waals surface area contributed by atoms with Gasteiger partial charge in [0.1, 0.15) is 18.3 Å². The molecule has 0 aliphatic rings. The molecule has 0 fully saturated rings. The molecule has 0 aliphatic carbocycles. The minimum absolute atomic E-state index is 0.0911. The molecule has 1 atom stereocenters. The predicted molar refractivity (Wildman–Crippen MR) is 103 cm³/mol. The highest BCUT2D eigenvalue weighted by Crippen LogP contribution is 2.13. The molecule has 29 heavy (non-hydrogen) atoms. The minimum Gasteiger partial charge on any atom is -0.465 e. The first kappa shape index (κ1) is 23.6. The molecule has 3 amide bonds. The highest BCUT2D eigenvalue weighted by molar-refractivity contribution is 5.93. The van der Waals surface area contributed by atoms with Gasteiger partial charge in [-0.3, -0.25) is 24.4 Å². The second-order valence-corrected chi connectivity index (χ2v) is 5.79. The monoisotopic (exact) mass is 404 g/mol. The first-order chi connectivity index (χ1) is 13.8. The summed E-state index contributed by atoms with van der Waals surface area (Å²) < 4.78 is 4.72. The summed E-state index contributed by atoms with van der Waals surface area (Å²) in [7, 11) is 0. The van der Waals surface area contributed by atoms with Crippen LogP contribution >= 0.6 is 0 Å². The van der Waals surface area contributed by atoms with Crippen molar-refractivity contribution in [2.45, 2.75) is 39.2 Å². The smallest absolute Gasteiger partial charge is 0.325 e. The molecule has 1 rings (SSSR count). The Morgan fingerprint density at radius 2 is 2.03 bits per heavy atom. The lowest BCUT2D eigenvalue weighted by Gasteiger charge is -2.19. The van der Waals surface area contributed by atoms with Crippen molar-refractivity contribution in [3.8, 4) is 12.3 Å². The fourth-order valence-electron chi connectivity index (χ4n) is 2.17. The molecular formula is C19H24N4O6. The van der Waals surface area contributed by atoms with Crippen molar-refractivity contribution in [3.05, 3.63) is 24.0 Å².